The standard InChI is InChI=1S/C18H13FN6O3/c1-28-15-7-12(19)14(25(26)27)8-13(15)23-18-22-9-21-17(24-18)11-4-2-3-10-5-6-20-16(10)11/h2-9,20H,1H3,(H,21,22,23,24). The summed E-state index contributed by atoms with van der Waals surface area (Å²) in [6.45, 7) is 0. The van der Waals surface area contributed by atoms with Crippen molar-refractivity contribution in [3.8, 4) is 17.1 Å². The number of benzene rings is 2. The summed E-state index contributed by atoms with van der Waals surface area (Å²) in [7, 11) is 1.33. The quantitative estimate of drug-likeness (QED) is 0.399. The Morgan fingerprint density at radius 1 is 1.25 bits per heavy atom. The Balaban J connectivity index is 1.74. The molecule has 2 N–H and O–H groups in total. The van der Waals surface area contributed by atoms with Gasteiger partial charge >= 0.3 is 5.69 Å². The van der Waals surface area contributed by atoms with Gasteiger partial charge in [-0.3, -0.25) is 10.1 Å². The normalized spacial score (nSPS) is 10.8. The summed E-state index contributed by atoms with van der Waals surface area (Å²) >= 11 is 0. The highest BCUT2D eigenvalue weighted by atomic mass is 19.1. The molecule has 0 saturated carbocycles. The third-order valence-electron chi connectivity index (χ3n) is 4.11. The van der Waals surface area contributed by atoms with E-state index in [4.69, 9.17) is 4.74 Å². The first-order chi connectivity index (χ1) is 13.6. The van der Waals surface area contributed by atoms with Crippen LogP contribution in [0.4, 0.5) is 21.7 Å². The molecule has 0 fully saturated rings. The Morgan fingerprint density at radius 2 is 2.11 bits per heavy atom. The van der Waals surface area contributed by atoms with Crippen LogP contribution in [0.25, 0.3) is 22.3 Å². The number of rotatable bonds is 5. The van der Waals surface area contributed by atoms with Gasteiger partial charge in [-0.25, -0.2) is 9.97 Å². The lowest BCUT2D eigenvalue weighted by Crippen LogP contribution is -2.03. The zero-order valence-electron chi connectivity index (χ0n) is 14.5. The number of halogens is 1. The first kappa shape index (κ1) is 17.3. The van der Waals surface area contributed by atoms with Crippen molar-refractivity contribution >= 4 is 28.2 Å². The van der Waals surface area contributed by atoms with Gasteiger partial charge in [0.05, 0.1) is 23.2 Å². The fourth-order valence-electron chi connectivity index (χ4n) is 2.83. The van der Waals surface area contributed by atoms with Crippen LogP contribution in [0.3, 0.4) is 0 Å². The first-order valence-corrected chi connectivity index (χ1v) is 8.11. The Labute approximate surface area is 157 Å². The Bertz CT molecular complexity index is 1190. The van der Waals surface area contributed by atoms with Gasteiger partial charge in [-0.1, -0.05) is 12.1 Å². The van der Waals surface area contributed by atoms with Gasteiger partial charge < -0.3 is 15.0 Å². The molecule has 28 heavy (non-hydrogen) atoms. The lowest BCUT2D eigenvalue weighted by molar-refractivity contribution is -0.387. The number of H-pyrrole nitrogens is 1. The largest absolute Gasteiger partial charge is 0.494 e. The predicted octanol–water partition coefficient (Wildman–Crippen LogP) is 3.82. The maximum absolute atomic E-state index is 13.8. The van der Waals surface area contributed by atoms with E-state index in [0.717, 1.165) is 28.6 Å². The number of aromatic amines is 1. The van der Waals surface area contributed by atoms with Crippen LogP contribution < -0.4 is 10.1 Å². The number of nitro groups is 1. The summed E-state index contributed by atoms with van der Waals surface area (Å²) in [5.74, 6) is -0.382. The van der Waals surface area contributed by atoms with Crippen LogP contribution >= 0.6 is 0 Å². The first-order valence-electron chi connectivity index (χ1n) is 8.11. The van der Waals surface area contributed by atoms with E-state index in [1.807, 2.05) is 30.5 Å². The van der Waals surface area contributed by atoms with Crippen LogP contribution in [0.2, 0.25) is 0 Å². The molecule has 9 nitrogen and oxygen atoms in total. The summed E-state index contributed by atoms with van der Waals surface area (Å²) in [5, 5.41) is 14.8. The zero-order valence-corrected chi connectivity index (χ0v) is 14.5. The molecule has 2 heterocycles. The fraction of sp³-hybridized carbons (Fsp3) is 0.0556. The van der Waals surface area contributed by atoms with Crippen LogP contribution in [0.1, 0.15) is 0 Å². The zero-order chi connectivity index (χ0) is 19.7. The molecule has 0 unspecified atom stereocenters. The second kappa shape index (κ2) is 6.91. The third-order valence-corrected chi connectivity index (χ3v) is 4.11. The van der Waals surface area contributed by atoms with Crippen LogP contribution in [0, 0.1) is 15.9 Å². The molecule has 0 bridgehead atoms. The van der Waals surface area contributed by atoms with E-state index < -0.39 is 16.4 Å². The molecule has 2 aromatic carbocycles. The molecule has 4 aromatic rings. The van der Waals surface area contributed by atoms with Crippen molar-refractivity contribution < 1.29 is 14.1 Å². The molecule has 10 heteroatoms. The summed E-state index contributed by atoms with van der Waals surface area (Å²) < 4.78 is 18.9. The molecule has 2 aromatic heterocycles. The van der Waals surface area contributed by atoms with Gasteiger partial charge in [-0.15, -0.1) is 0 Å². The fourth-order valence-corrected chi connectivity index (χ4v) is 2.83. The third kappa shape index (κ3) is 3.07. The van der Waals surface area contributed by atoms with Crippen molar-refractivity contribution in [3.63, 3.8) is 0 Å². The molecule has 0 radical (unpaired) electrons. The highest BCUT2D eigenvalue weighted by Crippen LogP contribution is 2.33. The maximum Gasteiger partial charge on any atom is 0.307 e. The Morgan fingerprint density at radius 3 is 2.89 bits per heavy atom. The van der Waals surface area contributed by atoms with E-state index in [-0.39, 0.29) is 17.4 Å². The number of anilines is 2. The van der Waals surface area contributed by atoms with E-state index in [1.165, 1.54) is 13.4 Å². The average Bonchev–Trinajstić information content (AvgIpc) is 3.18. The summed E-state index contributed by atoms with van der Waals surface area (Å²) in [6, 6.07) is 9.60. The Hall–Kier alpha value is -4.08. The van der Waals surface area contributed by atoms with Crippen molar-refractivity contribution in [2.24, 2.45) is 0 Å². The van der Waals surface area contributed by atoms with Gasteiger partial charge in [0.15, 0.2) is 5.82 Å². The monoisotopic (exact) mass is 380 g/mol. The number of nitro benzene ring substituents is 1. The summed E-state index contributed by atoms with van der Waals surface area (Å²) in [5.41, 5.74) is 1.11. The van der Waals surface area contributed by atoms with Crippen LogP contribution in [-0.4, -0.2) is 32.0 Å². The molecule has 0 aliphatic carbocycles. The molecule has 0 amide bonds. The van der Waals surface area contributed by atoms with Gasteiger partial charge in [-0.2, -0.15) is 9.37 Å². The van der Waals surface area contributed by atoms with Crippen LogP contribution in [-0.2, 0) is 0 Å². The molecular weight excluding hydrogens is 367 g/mol. The van der Waals surface area contributed by atoms with Gasteiger partial charge in [0.2, 0.25) is 11.8 Å². The molecule has 140 valence electrons. The molecule has 0 atom stereocenters. The van der Waals surface area contributed by atoms with E-state index in [0.29, 0.717) is 5.82 Å². The highest BCUT2D eigenvalue weighted by molar-refractivity contribution is 5.92. The summed E-state index contributed by atoms with van der Waals surface area (Å²) in [6.07, 6.45) is 3.13. The minimum Gasteiger partial charge on any atom is -0.494 e. The average molecular weight is 380 g/mol. The number of nitrogens with zero attached hydrogens (tertiary/aromatic N) is 4. The van der Waals surface area contributed by atoms with Gasteiger partial charge in [0.25, 0.3) is 0 Å². The predicted molar refractivity (Wildman–Crippen MR) is 100 cm³/mol. The van der Waals surface area contributed by atoms with Gasteiger partial charge in [-0.05, 0) is 12.1 Å². The van der Waals surface area contributed by atoms with Crippen molar-refractivity contribution in [1.29, 1.82) is 0 Å². The van der Waals surface area contributed by atoms with Crippen LogP contribution in [0.5, 0.6) is 5.75 Å². The second-order valence-corrected chi connectivity index (χ2v) is 5.77. The van der Waals surface area contributed by atoms with Crippen molar-refractivity contribution in [2.45, 2.75) is 0 Å². The molecule has 0 aliphatic rings. The molecule has 0 saturated heterocycles. The van der Waals surface area contributed by atoms with Crippen molar-refractivity contribution in [3.05, 3.63) is 64.9 Å². The molecule has 0 spiro atoms. The molecule has 4 rings (SSSR count). The number of para-hydroxylation sites is 1. The van der Waals surface area contributed by atoms with E-state index in [9.17, 15) is 14.5 Å². The highest BCUT2D eigenvalue weighted by Gasteiger charge is 2.20. The Kier molecular flexibility index (Phi) is 4.28. The van der Waals surface area contributed by atoms with E-state index in [2.05, 4.69) is 25.3 Å². The van der Waals surface area contributed by atoms with E-state index >= 15 is 0 Å². The van der Waals surface area contributed by atoms with Crippen molar-refractivity contribution in [2.75, 3.05) is 12.4 Å². The van der Waals surface area contributed by atoms with Crippen molar-refractivity contribution in [1.82, 2.24) is 19.9 Å². The topological polar surface area (TPSA) is 119 Å². The molecular formula is C18H13FN6O3. The summed E-state index contributed by atoms with van der Waals surface area (Å²) in [4.78, 5) is 26.0. The number of fused-ring (bicyclic) bond motifs is 1. The van der Waals surface area contributed by atoms with Gasteiger partial charge in [0, 0.05) is 29.3 Å². The van der Waals surface area contributed by atoms with Gasteiger partial charge in [0.1, 0.15) is 12.1 Å². The lowest BCUT2D eigenvalue weighted by atomic mass is 10.1. The second-order valence-electron chi connectivity index (χ2n) is 5.77. The molecule has 0 aliphatic heterocycles. The number of nitrogens with one attached hydrogen (secondary N) is 2. The van der Waals surface area contributed by atoms with E-state index in [1.54, 1.807) is 0 Å². The number of hydrogen-bond acceptors (Lipinski definition) is 7. The lowest BCUT2D eigenvalue weighted by Gasteiger charge is -2.11. The number of hydrogen-bond donors (Lipinski definition) is 2. The number of methoxy groups -OCH3 is 1. The minimum absolute atomic E-state index is 0.0801. The van der Waals surface area contributed by atoms with Crippen LogP contribution in [0.15, 0.2) is 48.9 Å². The maximum atomic E-state index is 13.8. The number of aromatic nitrogens is 4. The SMILES string of the molecule is COc1cc(F)c([N+](=O)[O-])cc1Nc1ncnc(-c2cccc3cc[nH]c23)n1. The smallest absolute Gasteiger partial charge is 0.307 e. The minimum atomic E-state index is -0.998. The number of ether oxygens (including phenoxy) is 1.